The minimum atomic E-state index is 0.684. The van der Waals surface area contributed by atoms with Crippen LogP contribution in [-0.2, 0) is 5.33 Å². The van der Waals surface area contributed by atoms with Gasteiger partial charge in [-0.05, 0) is 11.6 Å². The van der Waals surface area contributed by atoms with E-state index in [1.54, 1.807) is 18.5 Å². The monoisotopic (exact) mass is 196 g/mol. The van der Waals surface area contributed by atoms with Crippen LogP contribution in [0.5, 0.6) is 0 Å². The summed E-state index contributed by atoms with van der Waals surface area (Å²) in [6.07, 6.45) is 3.30. The van der Waals surface area contributed by atoms with E-state index in [9.17, 15) is 0 Å². The molecule has 1 aromatic rings. The fraction of sp³-hybridized carbons (Fsp3) is 0.143. The van der Waals surface area contributed by atoms with Crippen LogP contribution in [0.4, 0.5) is 0 Å². The minimum Gasteiger partial charge on any atom is -0.264 e. The maximum atomic E-state index is 8.55. The quantitative estimate of drug-likeness (QED) is 0.644. The first-order chi connectivity index (χ1) is 4.88. The lowest BCUT2D eigenvalue weighted by molar-refractivity contribution is 1.24. The molecule has 3 heteroatoms. The van der Waals surface area contributed by atoms with Gasteiger partial charge < -0.3 is 0 Å². The molecule has 0 aromatic carbocycles. The molecule has 0 unspecified atom stereocenters. The van der Waals surface area contributed by atoms with Crippen LogP contribution in [0.1, 0.15) is 11.1 Å². The molecule has 1 rings (SSSR count). The van der Waals surface area contributed by atoms with Gasteiger partial charge in [0.2, 0.25) is 0 Å². The second kappa shape index (κ2) is 3.33. The van der Waals surface area contributed by atoms with Crippen molar-refractivity contribution in [2.24, 2.45) is 0 Å². The van der Waals surface area contributed by atoms with Crippen molar-refractivity contribution in [3.05, 3.63) is 29.6 Å². The third-order valence-electron chi connectivity index (χ3n) is 1.17. The lowest BCUT2D eigenvalue weighted by Gasteiger charge is -1.94. The number of alkyl halides is 1. The van der Waals surface area contributed by atoms with Crippen molar-refractivity contribution in [2.45, 2.75) is 5.33 Å². The molecule has 10 heavy (non-hydrogen) atoms. The molecule has 0 saturated heterocycles. The third-order valence-corrected chi connectivity index (χ3v) is 1.77. The van der Waals surface area contributed by atoms with E-state index in [1.165, 1.54) is 0 Å². The first-order valence-electron chi connectivity index (χ1n) is 2.77. The standard InChI is InChI=1S/C7H5BrN2/c8-3-7-5-10-2-1-6(7)4-9/h1-2,5H,3H2. The van der Waals surface area contributed by atoms with Crippen molar-refractivity contribution < 1.29 is 0 Å². The smallest absolute Gasteiger partial charge is 0.0995 e. The molecule has 1 heterocycles. The van der Waals surface area contributed by atoms with Crippen molar-refractivity contribution in [2.75, 3.05) is 0 Å². The lowest BCUT2D eigenvalue weighted by atomic mass is 10.2. The number of aromatic nitrogens is 1. The Morgan fingerprint density at radius 3 is 3.00 bits per heavy atom. The number of hydrogen-bond donors (Lipinski definition) is 0. The summed E-state index contributed by atoms with van der Waals surface area (Å²) >= 11 is 3.26. The fourth-order valence-corrected chi connectivity index (χ4v) is 1.09. The highest BCUT2D eigenvalue weighted by atomic mass is 79.9. The second-order valence-electron chi connectivity index (χ2n) is 1.78. The highest BCUT2D eigenvalue weighted by molar-refractivity contribution is 9.08. The number of nitrogens with zero attached hydrogens (tertiary/aromatic N) is 2. The zero-order valence-electron chi connectivity index (χ0n) is 5.21. The molecule has 0 saturated carbocycles. The van der Waals surface area contributed by atoms with Gasteiger partial charge in [0.05, 0.1) is 11.6 Å². The average Bonchev–Trinajstić information content (AvgIpc) is 2.04. The summed E-state index contributed by atoms with van der Waals surface area (Å²) in [7, 11) is 0. The van der Waals surface area contributed by atoms with Crippen molar-refractivity contribution in [1.29, 1.82) is 5.26 Å². The number of rotatable bonds is 1. The topological polar surface area (TPSA) is 36.7 Å². The Bertz CT molecular complexity index is 265. The third kappa shape index (κ3) is 1.34. The van der Waals surface area contributed by atoms with Crippen LogP contribution in [0, 0.1) is 11.3 Å². The van der Waals surface area contributed by atoms with E-state index in [0.29, 0.717) is 10.9 Å². The van der Waals surface area contributed by atoms with Gasteiger partial charge in [0.25, 0.3) is 0 Å². The number of hydrogen-bond acceptors (Lipinski definition) is 2. The summed E-state index contributed by atoms with van der Waals surface area (Å²) in [5, 5.41) is 9.24. The minimum absolute atomic E-state index is 0.684. The van der Waals surface area contributed by atoms with Gasteiger partial charge in [-0.25, -0.2) is 0 Å². The highest BCUT2D eigenvalue weighted by Crippen LogP contribution is 2.08. The number of halogens is 1. The maximum absolute atomic E-state index is 8.55. The zero-order valence-corrected chi connectivity index (χ0v) is 6.80. The Labute approximate surface area is 67.6 Å². The molecule has 0 fully saturated rings. The Hall–Kier alpha value is -0.880. The zero-order chi connectivity index (χ0) is 7.40. The van der Waals surface area contributed by atoms with E-state index in [-0.39, 0.29) is 0 Å². The molecule has 0 aliphatic rings. The van der Waals surface area contributed by atoms with Crippen LogP contribution >= 0.6 is 15.9 Å². The summed E-state index contributed by atoms with van der Waals surface area (Å²) in [6.45, 7) is 0. The van der Waals surface area contributed by atoms with Gasteiger partial charge in [0.1, 0.15) is 0 Å². The van der Waals surface area contributed by atoms with Gasteiger partial charge in [-0.3, -0.25) is 4.98 Å². The normalized spacial score (nSPS) is 8.80. The predicted octanol–water partition coefficient (Wildman–Crippen LogP) is 1.85. The van der Waals surface area contributed by atoms with Gasteiger partial charge in [0, 0.05) is 17.7 Å². The predicted molar refractivity (Wildman–Crippen MR) is 41.6 cm³/mol. The van der Waals surface area contributed by atoms with Crippen LogP contribution in [0.3, 0.4) is 0 Å². The molecule has 0 atom stereocenters. The second-order valence-corrected chi connectivity index (χ2v) is 2.34. The Kier molecular flexibility index (Phi) is 2.41. The van der Waals surface area contributed by atoms with Crippen LogP contribution < -0.4 is 0 Å². The van der Waals surface area contributed by atoms with Crippen LogP contribution in [-0.4, -0.2) is 4.98 Å². The molecule has 0 N–H and O–H groups in total. The van der Waals surface area contributed by atoms with Crippen molar-refractivity contribution in [1.82, 2.24) is 4.98 Å². The molecule has 50 valence electrons. The van der Waals surface area contributed by atoms with Crippen LogP contribution in [0.15, 0.2) is 18.5 Å². The summed E-state index contributed by atoms with van der Waals surface area (Å²) in [6, 6.07) is 3.78. The lowest BCUT2D eigenvalue weighted by Crippen LogP contribution is -1.85. The van der Waals surface area contributed by atoms with Gasteiger partial charge in [-0.1, -0.05) is 15.9 Å². The van der Waals surface area contributed by atoms with Gasteiger partial charge >= 0.3 is 0 Å². The van der Waals surface area contributed by atoms with Gasteiger partial charge in [-0.2, -0.15) is 5.26 Å². The molecule has 0 spiro atoms. The van der Waals surface area contributed by atoms with E-state index in [4.69, 9.17) is 5.26 Å². The maximum Gasteiger partial charge on any atom is 0.0995 e. The summed E-state index contributed by atoms with van der Waals surface area (Å²) in [4.78, 5) is 3.88. The SMILES string of the molecule is N#Cc1ccncc1CBr. The molecule has 0 aliphatic heterocycles. The molecule has 0 bridgehead atoms. The summed E-state index contributed by atoms with van der Waals surface area (Å²) in [5.74, 6) is 0. The van der Waals surface area contributed by atoms with E-state index in [2.05, 4.69) is 27.0 Å². The molecule has 2 nitrogen and oxygen atoms in total. The van der Waals surface area contributed by atoms with E-state index in [0.717, 1.165) is 5.56 Å². The Balaban J connectivity index is 3.12. The molecule has 0 radical (unpaired) electrons. The van der Waals surface area contributed by atoms with E-state index < -0.39 is 0 Å². The summed E-state index contributed by atoms with van der Waals surface area (Å²) in [5.41, 5.74) is 1.62. The fourth-order valence-electron chi connectivity index (χ4n) is 0.643. The largest absolute Gasteiger partial charge is 0.264 e. The van der Waals surface area contributed by atoms with Crippen molar-refractivity contribution in [3.8, 4) is 6.07 Å². The van der Waals surface area contributed by atoms with Crippen molar-refractivity contribution >= 4 is 15.9 Å². The summed E-state index contributed by atoms with van der Waals surface area (Å²) < 4.78 is 0. The number of pyridine rings is 1. The molecular formula is C7H5BrN2. The first kappa shape index (κ1) is 7.23. The highest BCUT2D eigenvalue weighted by Gasteiger charge is 1.96. The van der Waals surface area contributed by atoms with Crippen molar-refractivity contribution in [3.63, 3.8) is 0 Å². The molecular weight excluding hydrogens is 192 g/mol. The first-order valence-corrected chi connectivity index (χ1v) is 3.89. The van der Waals surface area contributed by atoms with E-state index >= 15 is 0 Å². The average molecular weight is 197 g/mol. The Morgan fingerprint density at radius 1 is 1.70 bits per heavy atom. The molecule has 0 aliphatic carbocycles. The Morgan fingerprint density at radius 2 is 2.50 bits per heavy atom. The van der Waals surface area contributed by atoms with Crippen LogP contribution in [0.2, 0.25) is 0 Å². The van der Waals surface area contributed by atoms with Gasteiger partial charge in [-0.15, -0.1) is 0 Å². The van der Waals surface area contributed by atoms with E-state index in [1.807, 2.05) is 0 Å². The molecule has 0 amide bonds. The number of nitriles is 1. The van der Waals surface area contributed by atoms with Crippen LogP contribution in [0.25, 0.3) is 0 Å². The van der Waals surface area contributed by atoms with Gasteiger partial charge in [0.15, 0.2) is 0 Å². The molecule has 1 aromatic heterocycles.